The molecule has 0 aliphatic heterocycles. The van der Waals surface area contributed by atoms with Gasteiger partial charge in [-0.2, -0.15) is 0 Å². The lowest BCUT2D eigenvalue weighted by molar-refractivity contribution is -0.143. The molecular weight excluding hydrogens is 983 g/mol. The fraction of sp³-hybridized carbons (Fsp3) is 0.865. The Bertz CT molecular complexity index is 1340. The highest BCUT2D eigenvalue weighted by Gasteiger charge is 2.18. The zero-order chi connectivity index (χ0) is 57.8. The topological polar surface area (TPSA) is 95.9 Å². The summed E-state index contributed by atoms with van der Waals surface area (Å²) in [5.74, 6) is -0.0562. The molecule has 470 valence electrons. The minimum absolute atomic E-state index is 0.00805. The van der Waals surface area contributed by atoms with Gasteiger partial charge in [0, 0.05) is 12.8 Å². The van der Waals surface area contributed by atoms with Crippen LogP contribution in [0.4, 0.5) is 0 Å². The molecule has 6 nitrogen and oxygen atoms in total. The Morgan fingerprint density at radius 1 is 0.350 bits per heavy atom. The van der Waals surface area contributed by atoms with Gasteiger partial charge in [0.05, 0.1) is 25.4 Å². The van der Waals surface area contributed by atoms with E-state index in [4.69, 9.17) is 4.74 Å². The highest BCUT2D eigenvalue weighted by molar-refractivity contribution is 5.76. The minimum Gasteiger partial charge on any atom is -0.466 e. The lowest BCUT2D eigenvalue weighted by Crippen LogP contribution is -2.45. The molecule has 80 heavy (non-hydrogen) atoms. The number of allylic oxidation sites excluding steroid dienone is 7. The van der Waals surface area contributed by atoms with Gasteiger partial charge in [0.2, 0.25) is 5.91 Å². The van der Waals surface area contributed by atoms with Crippen molar-refractivity contribution >= 4 is 11.9 Å². The average molecular weight is 1120 g/mol. The first-order chi connectivity index (χ1) is 39.5. The zero-order valence-corrected chi connectivity index (χ0v) is 53.8. The second-order valence-corrected chi connectivity index (χ2v) is 24.6. The van der Waals surface area contributed by atoms with Crippen molar-refractivity contribution in [3.63, 3.8) is 0 Å². The largest absolute Gasteiger partial charge is 0.466 e. The number of carbonyl (C=O) groups is 2. The molecule has 0 bridgehead atoms. The first-order valence-electron chi connectivity index (χ1n) is 35.9. The molecule has 2 atom stereocenters. The summed E-state index contributed by atoms with van der Waals surface area (Å²) in [4.78, 5) is 24.5. The van der Waals surface area contributed by atoms with Gasteiger partial charge in [-0.15, -0.1) is 0 Å². The summed E-state index contributed by atoms with van der Waals surface area (Å²) < 4.78 is 5.48. The highest BCUT2D eigenvalue weighted by atomic mass is 16.5. The summed E-state index contributed by atoms with van der Waals surface area (Å²) >= 11 is 0. The molecule has 0 saturated carbocycles. The van der Waals surface area contributed by atoms with E-state index in [0.29, 0.717) is 19.4 Å². The standard InChI is InChI=1S/C74H139NO5/c1-3-5-7-9-11-13-15-17-42-46-50-54-58-62-66-72(77)71(70-76)75-73(78)67-63-59-55-51-47-43-40-38-36-34-32-30-28-26-24-22-20-19-21-23-25-27-29-31-33-35-37-39-41-45-49-53-57-61-65-69-80-74(79)68-64-60-56-52-48-44-18-16-14-12-10-8-6-4-2/h16,18,21,23,27,29,62,66,71-72,76-77H,3-15,17,19-20,22,24-26,28,30-61,63-65,67-70H2,1-2H3,(H,75,78)/b18-16-,23-21-,29-27-,66-62+. The molecule has 0 aliphatic carbocycles. The maximum Gasteiger partial charge on any atom is 0.305 e. The molecule has 0 radical (unpaired) electrons. The van der Waals surface area contributed by atoms with E-state index < -0.39 is 12.1 Å². The van der Waals surface area contributed by atoms with Crippen molar-refractivity contribution in [1.29, 1.82) is 0 Å². The summed E-state index contributed by atoms with van der Waals surface area (Å²) in [6.07, 6.45) is 90.6. The summed E-state index contributed by atoms with van der Waals surface area (Å²) in [6.45, 7) is 4.91. The normalized spacial score (nSPS) is 12.8. The van der Waals surface area contributed by atoms with Gasteiger partial charge in [-0.1, -0.05) is 332 Å². The number of nitrogens with one attached hydrogen (secondary N) is 1. The molecule has 2 unspecified atom stereocenters. The molecule has 1 amide bonds. The predicted octanol–water partition coefficient (Wildman–Crippen LogP) is 23.3. The van der Waals surface area contributed by atoms with Crippen LogP contribution >= 0.6 is 0 Å². The Morgan fingerprint density at radius 2 is 0.625 bits per heavy atom. The van der Waals surface area contributed by atoms with E-state index in [-0.39, 0.29) is 18.5 Å². The monoisotopic (exact) mass is 1120 g/mol. The second kappa shape index (κ2) is 69.3. The van der Waals surface area contributed by atoms with Crippen molar-refractivity contribution in [2.45, 2.75) is 398 Å². The molecule has 6 heteroatoms. The van der Waals surface area contributed by atoms with Gasteiger partial charge in [0.15, 0.2) is 0 Å². The van der Waals surface area contributed by atoms with Crippen LogP contribution in [0.5, 0.6) is 0 Å². The Hall–Kier alpha value is -2.18. The number of unbranched alkanes of at least 4 members (excludes halogenated alkanes) is 50. The molecule has 0 aromatic heterocycles. The molecule has 0 rings (SSSR count). The van der Waals surface area contributed by atoms with Crippen LogP contribution in [0.15, 0.2) is 48.6 Å². The van der Waals surface area contributed by atoms with E-state index in [0.717, 1.165) is 51.4 Å². The van der Waals surface area contributed by atoms with Crippen LogP contribution in [0, 0.1) is 0 Å². The maximum atomic E-state index is 12.5. The van der Waals surface area contributed by atoms with E-state index in [1.807, 2.05) is 6.08 Å². The zero-order valence-electron chi connectivity index (χ0n) is 53.8. The van der Waals surface area contributed by atoms with Crippen LogP contribution < -0.4 is 5.32 Å². The van der Waals surface area contributed by atoms with E-state index in [9.17, 15) is 19.8 Å². The molecule has 0 aliphatic rings. The van der Waals surface area contributed by atoms with Gasteiger partial charge < -0.3 is 20.3 Å². The van der Waals surface area contributed by atoms with E-state index >= 15 is 0 Å². The number of ether oxygens (including phenoxy) is 1. The van der Waals surface area contributed by atoms with Crippen LogP contribution in [0.3, 0.4) is 0 Å². The molecule has 0 saturated heterocycles. The van der Waals surface area contributed by atoms with Crippen molar-refractivity contribution < 1.29 is 24.5 Å². The number of amides is 1. The molecule has 0 heterocycles. The van der Waals surface area contributed by atoms with Crippen LogP contribution in [-0.2, 0) is 14.3 Å². The van der Waals surface area contributed by atoms with Gasteiger partial charge in [-0.05, 0) is 89.9 Å². The minimum atomic E-state index is -0.843. The molecule has 0 aromatic carbocycles. The molecule has 0 fully saturated rings. The van der Waals surface area contributed by atoms with E-state index in [1.165, 1.54) is 308 Å². The molecule has 0 aromatic rings. The summed E-state index contributed by atoms with van der Waals surface area (Å²) in [5, 5.41) is 23.1. The SMILES string of the molecule is CCCCCCC/C=C\CCCCCCCC(=O)OCCCCCCCCCCCCC/C=C\C/C=C\CCCCCCCCCCCCCCCCCCCC(=O)NC(CO)C(O)/C=C/CCCCCCCCCCCCCC. The fourth-order valence-corrected chi connectivity index (χ4v) is 11.1. The quantitative estimate of drug-likeness (QED) is 0.0320. The smallest absolute Gasteiger partial charge is 0.305 e. The van der Waals surface area contributed by atoms with Crippen molar-refractivity contribution in [3.8, 4) is 0 Å². The van der Waals surface area contributed by atoms with Crippen molar-refractivity contribution in [3.05, 3.63) is 48.6 Å². The first-order valence-corrected chi connectivity index (χ1v) is 35.9. The van der Waals surface area contributed by atoms with Gasteiger partial charge in [-0.3, -0.25) is 9.59 Å². The number of aliphatic hydroxyl groups excluding tert-OH is 2. The van der Waals surface area contributed by atoms with Crippen LogP contribution in [0.2, 0.25) is 0 Å². The summed E-state index contributed by atoms with van der Waals surface area (Å²) in [7, 11) is 0. The van der Waals surface area contributed by atoms with Crippen molar-refractivity contribution in [1.82, 2.24) is 5.32 Å². The average Bonchev–Trinajstić information content (AvgIpc) is 3.46. The van der Waals surface area contributed by atoms with E-state index in [2.05, 4.69) is 55.6 Å². The molecular formula is C74H139NO5. The van der Waals surface area contributed by atoms with Gasteiger partial charge in [0.25, 0.3) is 0 Å². The fourth-order valence-electron chi connectivity index (χ4n) is 11.1. The Labute approximate surface area is 499 Å². The summed E-state index contributed by atoms with van der Waals surface area (Å²) in [5.41, 5.74) is 0. The number of rotatable bonds is 67. The van der Waals surface area contributed by atoms with Crippen molar-refractivity contribution in [2.75, 3.05) is 13.2 Å². The Kier molecular flexibility index (Phi) is 67.4. The second-order valence-electron chi connectivity index (χ2n) is 24.6. The lowest BCUT2D eigenvalue weighted by atomic mass is 10.0. The summed E-state index contributed by atoms with van der Waals surface area (Å²) in [6, 6.07) is -0.626. The van der Waals surface area contributed by atoms with Crippen LogP contribution in [0.1, 0.15) is 386 Å². The third-order valence-corrected chi connectivity index (χ3v) is 16.6. The predicted molar refractivity (Wildman–Crippen MR) is 352 cm³/mol. The Morgan fingerprint density at radius 3 is 0.963 bits per heavy atom. The number of carbonyl (C=O) groups excluding carboxylic acids is 2. The third-order valence-electron chi connectivity index (χ3n) is 16.6. The number of esters is 1. The third kappa shape index (κ3) is 65.0. The highest BCUT2D eigenvalue weighted by Crippen LogP contribution is 2.18. The number of aliphatic hydroxyl groups is 2. The van der Waals surface area contributed by atoms with E-state index in [1.54, 1.807) is 6.08 Å². The number of hydrogen-bond acceptors (Lipinski definition) is 5. The molecule has 3 N–H and O–H groups in total. The maximum absolute atomic E-state index is 12.5. The number of hydrogen-bond donors (Lipinski definition) is 3. The van der Waals surface area contributed by atoms with Gasteiger partial charge in [0.1, 0.15) is 0 Å². The first kappa shape index (κ1) is 77.8. The van der Waals surface area contributed by atoms with Crippen molar-refractivity contribution in [2.24, 2.45) is 0 Å². The lowest BCUT2D eigenvalue weighted by Gasteiger charge is -2.20. The van der Waals surface area contributed by atoms with Crippen LogP contribution in [-0.4, -0.2) is 47.4 Å². The molecule has 0 spiro atoms. The Balaban J connectivity index is 3.38. The van der Waals surface area contributed by atoms with Gasteiger partial charge >= 0.3 is 5.97 Å². The van der Waals surface area contributed by atoms with Crippen LogP contribution in [0.25, 0.3) is 0 Å². The van der Waals surface area contributed by atoms with Gasteiger partial charge in [-0.25, -0.2) is 0 Å².